The highest BCUT2D eigenvalue weighted by Crippen LogP contribution is 2.31. The molecule has 2 rings (SSSR count). The summed E-state index contributed by atoms with van der Waals surface area (Å²) in [4.78, 5) is 16.2. The molecule has 2 atom stereocenters. The van der Waals surface area contributed by atoms with Crippen LogP contribution in [0.1, 0.15) is 31.1 Å². The van der Waals surface area contributed by atoms with Gasteiger partial charge in [-0.3, -0.25) is 4.79 Å². The average molecular weight is 363 g/mol. The molecule has 0 aliphatic heterocycles. The van der Waals surface area contributed by atoms with Gasteiger partial charge in [-0.25, -0.2) is 9.37 Å². The predicted molar refractivity (Wildman–Crippen MR) is 80.4 cm³/mol. The number of halogens is 3. The van der Waals surface area contributed by atoms with Crippen molar-refractivity contribution >= 4 is 44.5 Å². The molecule has 0 fully saturated rings. The first kappa shape index (κ1) is 15.3. The molecule has 1 aromatic heterocycles. The lowest BCUT2D eigenvalue weighted by molar-refractivity contribution is -0.123. The molecular weight excluding hydrogens is 349 g/mol. The summed E-state index contributed by atoms with van der Waals surface area (Å²) in [5.41, 5.74) is 1.14. The number of rotatable bonds is 3. The molecule has 7 heteroatoms. The van der Waals surface area contributed by atoms with Crippen LogP contribution < -0.4 is 5.32 Å². The van der Waals surface area contributed by atoms with Gasteiger partial charge in [0.25, 0.3) is 0 Å². The van der Waals surface area contributed by atoms with Gasteiger partial charge in [0, 0.05) is 13.1 Å². The number of likely N-dealkylation sites (N-methyl/N-ethyl adjacent to an activating group) is 1. The van der Waals surface area contributed by atoms with Crippen LogP contribution in [0.2, 0.25) is 0 Å². The van der Waals surface area contributed by atoms with Crippen molar-refractivity contribution in [3.05, 3.63) is 28.2 Å². The van der Waals surface area contributed by atoms with E-state index in [1.807, 2.05) is 0 Å². The third-order valence-electron chi connectivity index (χ3n) is 3.13. The summed E-state index contributed by atoms with van der Waals surface area (Å²) in [5, 5.41) is 2.20. The topological polar surface area (TPSA) is 46.9 Å². The Labute approximate surface area is 129 Å². The van der Waals surface area contributed by atoms with Gasteiger partial charge in [-0.05, 0) is 35.8 Å². The number of hydrogen-bond acceptors (Lipinski definition) is 2. The molecule has 0 saturated carbocycles. The zero-order valence-electron chi connectivity index (χ0n) is 11.2. The van der Waals surface area contributed by atoms with Gasteiger partial charge < -0.3 is 9.88 Å². The Morgan fingerprint density at radius 2 is 2.15 bits per heavy atom. The molecule has 0 aliphatic carbocycles. The maximum Gasteiger partial charge on any atom is 0.242 e. The number of hydrogen-bond donors (Lipinski definition) is 1. The number of fused-ring (bicyclic) bond motifs is 1. The van der Waals surface area contributed by atoms with E-state index in [1.54, 1.807) is 31.5 Å². The Morgan fingerprint density at radius 1 is 1.50 bits per heavy atom. The van der Waals surface area contributed by atoms with Crippen molar-refractivity contribution in [1.29, 1.82) is 0 Å². The zero-order valence-corrected chi connectivity index (χ0v) is 13.6. The summed E-state index contributed by atoms with van der Waals surface area (Å²) in [5.74, 6) is -0.0258. The van der Waals surface area contributed by atoms with E-state index in [9.17, 15) is 9.18 Å². The fourth-order valence-electron chi connectivity index (χ4n) is 2.12. The van der Waals surface area contributed by atoms with Gasteiger partial charge in [-0.1, -0.05) is 0 Å². The standard InChI is InChI=1S/C13H14BrClFN3O/c1-6(15)12-18-10-5-9(16)8(14)4-11(10)19(12)7(2)13(20)17-3/h4-7H,1-3H3,(H,17,20). The van der Waals surface area contributed by atoms with Crippen molar-refractivity contribution in [3.63, 3.8) is 0 Å². The van der Waals surface area contributed by atoms with E-state index in [2.05, 4.69) is 26.2 Å². The van der Waals surface area contributed by atoms with Crippen LogP contribution in [0.5, 0.6) is 0 Å². The van der Waals surface area contributed by atoms with Crippen molar-refractivity contribution < 1.29 is 9.18 Å². The second kappa shape index (κ2) is 5.69. The van der Waals surface area contributed by atoms with Crippen LogP contribution >= 0.6 is 27.5 Å². The number of nitrogens with zero attached hydrogens (tertiary/aromatic N) is 2. The second-order valence-electron chi connectivity index (χ2n) is 4.50. The summed E-state index contributed by atoms with van der Waals surface area (Å²) >= 11 is 9.28. The molecule has 0 aliphatic rings. The Bertz CT molecular complexity index is 671. The van der Waals surface area contributed by atoms with Crippen molar-refractivity contribution in [2.45, 2.75) is 25.3 Å². The Morgan fingerprint density at radius 3 is 2.70 bits per heavy atom. The highest BCUT2D eigenvalue weighted by molar-refractivity contribution is 9.10. The van der Waals surface area contributed by atoms with Crippen LogP contribution in [0.15, 0.2) is 16.6 Å². The van der Waals surface area contributed by atoms with Crippen LogP contribution in [-0.2, 0) is 4.79 Å². The molecule has 0 radical (unpaired) electrons. The fraction of sp³-hybridized carbons (Fsp3) is 0.385. The monoisotopic (exact) mass is 361 g/mol. The zero-order chi connectivity index (χ0) is 15.0. The smallest absolute Gasteiger partial charge is 0.242 e. The van der Waals surface area contributed by atoms with Gasteiger partial charge in [-0.2, -0.15) is 0 Å². The normalized spacial score (nSPS) is 14.3. The molecular formula is C13H14BrClFN3O. The number of imidazole rings is 1. The molecule has 0 spiro atoms. The first-order valence-electron chi connectivity index (χ1n) is 6.09. The summed E-state index contributed by atoms with van der Waals surface area (Å²) in [6.07, 6.45) is 0. The van der Waals surface area contributed by atoms with Gasteiger partial charge in [-0.15, -0.1) is 11.6 Å². The molecule has 0 bridgehead atoms. The fourth-order valence-corrected chi connectivity index (χ4v) is 2.61. The van der Waals surface area contributed by atoms with Gasteiger partial charge >= 0.3 is 0 Å². The van der Waals surface area contributed by atoms with Crippen LogP contribution in [0, 0.1) is 5.82 Å². The van der Waals surface area contributed by atoms with Gasteiger partial charge in [0.05, 0.1) is 20.9 Å². The van der Waals surface area contributed by atoms with E-state index in [4.69, 9.17) is 11.6 Å². The first-order chi connectivity index (χ1) is 9.36. The molecule has 1 heterocycles. The summed E-state index contributed by atoms with van der Waals surface area (Å²) < 4.78 is 15.7. The van der Waals surface area contributed by atoms with E-state index in [-0.39, 0.29) is 5.91 Å². The Hall–Kier alpha value is -1.14. The van der Waals surface area contributed by atoms with Crippen LogP contribution in [0.3, 0.4) is 0 Å². The van der Waals surface area contributed by atoms with Crippen LogP contribution in [0.25, 0.3) is 11.0 Å². The van der Waals surface area contributed by atoms with E-state index >= 15 is 0 Å². The van der Waals surface area contributed by atoms with Crippen LogP contribution in [0.4, 0.5) is 4.39 Å². The molecule has 4 nitrogen and oxygen atoms in total. The predicted octanol–water partition coefficient (Wildman–Crippen LogP) is 3.54. The molecule has 1 aromatic carbocycles. The highest BCUT2D eigenvalue weighted by atomic mass is 79.9. The molecule has 108 valence electrons. The minimum absolute atomic E-state index is 0.164. The third-order valence-corrected chi connectivity index (χ3v) is 3.93. The SMILES string of the molecule is CNC(=O)C(C)n1c(C(C)Cl)nc2cc(F)c(Br)cc21. The quantitative estimate of drug-likeness (QED) is 0.849. The van der Waals surface area contributed by atoms with E-state index < -0.39 is 17.2 Å². The largest absolute Gasteiger partial charge is 0.357 e. The number of amides is 1. The molecule has 0 saturated heterocycles. The number of carbonyl (C=O) groups is 1. The average Bonchev–Trinajstić information content (AvgIpc) is 2.76. The Kier molecular flexibility index (Phi) is 4.34. The van der Waals surface area contributed by atoms with Crippen LogP contribution in [-0.4, -0.2) is 22.5 Å². The lowest BCUT2D eigenvalue weighted by Crippen LogP contribution is -2.28. The highest BCUT2D eigenvalue weighted by Gasteiger charge is 2.23. The number of aromatic nitrogens is 2. The Balaban J connectivity index is 2.74. The molecule has 20 heavy (non-hydrogen) atoms. The van der Waals surface area contributed by atoms with E-state index in [0.29, 0.717) is 21.3 Å². The number of alkyl halides is 1. The number of benzene rings is 1. The minimum Gasteiger partial charge on any atom is -0.357 e. The molecule has 2 unspecified atom stereocenters. The third kappa shape index (κ3) is 2.54. The van der Waals surface area contributed by atoms with Gasteiger partial charge in [0.1, 0.15) is 17.7 Å². The van der Waals surface area contributed by atoms with Crippen molar-refractivity contribution in [1.82, 2.24) is 14.9 Å². The lowest BCUT2D eigenvalue weighted by atomic mass is 10.2. The van der Waals surface area contributed by atoms with Gasteiger partial charge in [0.15, 0.2) is 0 Å². The second-order valence-corrected chi connectivity index (χ2v) is 6.01. The number of carbonyl (C=O) groups excluding carboxylic acids is 1. The first-order valence-corrected chi connectivity index (χ1v) is 7.32. The summed E-state index contributed by atoms with van der Waals surface area (Å²) in [7, 11) is 1.57. The van der Waals surface area contributed by atoms with E-state index in [1.165, 1.54) is 6.07 Å². The number of nitrogens with one attached hydrogen (secondary N) is 1. The minimum atomic E-state index is -0.487. The molecule has 1 N–H and O–H groups in total. The molecule has 1 amide bonds. The maximum absolute atomic E-state index is 13.6. The lowest BCUT2D eigenvalue weighted by Gasteiger charge is -2.17. The van der Waals surface area contributed by atoms with Crippen molar-refractivity contribution in [2.75, 3.05) is 7.05 Å². The van der Waals surface area contributed by atoms with Gasteiger partial charge in [0.2, 0.25) is 5.91 Å². The van der Waals surface area contributed by atoms with Crippen molar-refractivity contribution in [2.24, 2.45) is 0 Å². The van der Waals surface area contributed by atoms with Crippen molar-refractivity contribution in [3.8, 4) is 0 Å². The molecule has 2 aromatic rings. The maximum atomic E-state index is 13.6. The summed E-state index contributed by atoms with van der Waals surface area (Å²) in [6, 6.07) is 2.45. The van der Waals surface area contributed by atoms with E-state index in [0.717, 1.165) is 0 Å². The summed E-state index contributed by atoms with van der Waals surface area (Å²) in [6.45, 7) is 3.52.